The molecule has 4 atom stereocenters. The van der Waals surface area contributed by atoms with Gasteiger partial charge >= 0.3 is 0 Å². The normalized spacial score (nSPS) is 22.4. The third-order valence-corrected chi connectivity index (χ3v) is 6.70. The molecule has 0 spiro atoms. The Morgan fingerprint density at radius 1 is 1.36 bits per heavy atom. The lowest BCUT2D eigenvalue weighted by atomic mass is 9.98. The summed E-state index contributed by atoms with van der Waals surface area (Å²) in [5.41, 5.74) is 1.62. The van der Waals surface area contributed by atoms with Crippen LogP contribution in [0.1, 0.15) is 41.6 Å². The number of carbonyl (C=O) groups is 3. The van der Waals surface area contributed by atoms with Gasteiger partial charge in [-0.2, -0.15) is 0 Å². The van der Waals surface area contributed by atoms with Crippen LogP contribution in [0.3, 0.4) is 0 Å². The molecule has 2 heterocycles. The second kappa shape index (κ2) is 8.96. The van der Waals surface area contributed by atoms with Crippen LogP contribution in [0.5, 0.6) is 0 Å². The molecule has 0 radical (unpaired) electrons. The van der Waals surface area contributed by atoms with E-state index >= 15 is 0 Å². The summed E-state index contributed by atoms with van der Waals surface area (Å²) in [6, 6.07) is 6.27. The fraction of sp³-hybridized carbons (Fsp3) is 0.550. The zero-order valence-electron chi connectivity index (χ0n) is 16.4. The molecule has 8 heteroatoms. The molecule has 0 saturated carbocycles. The summed E-state index contributed by atoms with van der Waals surface area (Å²) in [5, 5.41) is 5.57. The molecule has 2 aliphatic rings. The van der Waals surface area contributed by atoms with Gasteiger partial charge in [0.25, 0.3) is 5.91 Å². The van der Waals surface area contributed by atoms with Crippen molar-refractivity contribution in [2.75, 3.05) is 26.0 Å². The Morgan fingerprint density at radius 3 is 2.82 bits per heavy atom. The van der Waals surface area contributed by atoms with E-state index in [1.54, 1.807) is 29.8 Å². The molecule has 152 valence electrons. The number of thioether (sulfide) groups is 1. The predicted octanol–water partition coefficient (Wildman–Crippen LogP) is 1.55. The van der Waals surface area contributed by atoms with E-state index in [1.807, 2.05) is 32.0 Å². The molecular weight excluding hydrogens is 378 g/mol. The highest BCUT2D eigenvalue weighted by Crippen LogP contribution is 2.48. The molecular formula is C20H27N3O4S. The monoisotopic (exact) mass is 405 g/mol. The van der Waals surface area contributed by atoms with Gasteiger partial charge in [-0.25, -0.2) is 0 Å². The zero-order chi connectivity index (χ0) is 20.3. The standard InChI is InChI=1S/C20H27N3O4S/c1-4-12(2)16(18(25)21-9-10-27-3)22-17(24)15-11-28-20-14-8-6-5-7-13(14)19(26)23(15)20/h5-8,12,15-16,20H,4,9-11H2,1-3H3,(H,21,25)(H,22,24)/t12-,15+,16+,20-/m1/s1. The fourth-order valence-corrected chi connectivity index (χ4v) is 5.04. The first-order valence-electron chi connectivity index (χ1n) is 9.59. The number of nitrogens with one attached hydrogen (secondary N) is 2. The third-order valence-electron chi connectivity index (χ3n) is 5.39. The maximum absolute atomic E-state index is 13.0. The lowest BCUT2D eigenvalue weighted by Gasteiger charge is -2.28. The Kier molecular flexibility index (Phi) is 6.61. The number of hydrogen-bond acceptors (Lipinski definition) is 5. The predicted molar refractivity (Wildman–Crippen MR) is 108 cm³/mol. The summed E-state index contributed by atoms with van der Waals surface area (Å²) >= 11 is 1.59. The van der Waals surface area contributed by atoms with Crippen molar-refractivity contribution in [1.82, 2.24) is 15.5 Å². The number of hydrogen-bond donors (Lipinski definition) is 2. The van der Waals surface area contributed by atoms with Crippen LogP contribution in [-0.4, -0.2) is 60.7 Å². The van der Waals surface area contributed by atoms with Crippen LogP contribution in [0.25, 0.3) is 0 Å². The molecule has 7 nitrogen and oxygen atoms in total. The van der Waals surface area contributed by atoms with Crippen molar-refractivity contribution in [2.45, 2.75) is 37.7 Å². The first-order valence-corrected chi connectivity index (χ1v) is 10.6. The van der Waals surface area contributed by atoms with Crippen molar-refractivity contribution in [3.05, 3.63) is 35.4 Å². The molecule has 1 fully saturated rings. The van der Waals surface area contributed by atoms with E-state index in [-0.39, 0.29) is 29.0 Å². The highest BCUT2D eigenvalue weighted by atomic mass is 32.2. The van der Waals surface area contributed by atoms with Gasteiger partial charge in [-0.1, -0.05) is 38.5 Å². The van der Waals surface area contributed by atoms with Crippen LogP contribution < -0.4 is 10.6 Å². The molecule has 2 N–H and O–H groups in total. The summed E-state index contributed by atoms with van der Waals surface area (Å²) < 4.78 is 4.96. The van der Waals surface area contributed by atoms with Crippen molar-refractivity contribution >= 4 is 29.5 Å². The summed E-state index contributed by atoms with van der Waals surface area (Å²) in [7, 11) is 1.57. The van der Waals surface area contributed by atoms with Crippen molar-refractivity contribution in [1.29, 1.82) is 0 Å². The number of amides is 3. The van der Waals surface area contributed by atoms with E-state index < -0.39 is 12.1 Å². The molecule has 3 rings (SSSR count). The Labute approximate surface area is 169 Å². The minimum Gasteiger partial charge on any atom is -0.383 e. The van der Waals surface area contributed by atoms with Crippen molar-refractivity contribution < 1.29 is 19.1 Å². The molecule has 1 saturated heterocycles. The van der Waals surface area contributed by atoms with E-state index in [0.717, 1.165) is 12.0 Å². The summed E-state index contributed by atoms with van der Waals surface area (Å²) in [5.74, 6) is -0.116. The maximum Gasteiger partial charge on any atom is 0.256 e. The smallest absolute Gasteiger partial charge is 0.256 e. The number of nitrogens with zero attached hydrogens (tertiary/aromatic N) is 1. The van der Waals surface area contributed by atoms with Gasteiger partial charge in [0.2, 0.25) is 11.8 Å². The fourth-order valence-electron chi connectivity index (χ4n) is 3.58. The van der Waals surface area contributed by atoms with Gasteiger partial charge in [-0.15, -0.1) is 11.8 Å². The minimum absolute atomic E-state index is 0.0252. The average molecular weight is 406 g/mol. The number of fused-ring (bicyclic) bond motifs is 3. The topological polar surface area (TPSA) is 87.7 Å². The van der Waals surface area contributed by atoms with Crippen LogP contribution >= 0.6 is 11.8 Å². The number of carbonyl (C=O) groups excluding carboxylic acids is 3. The van der Waals surface area contributed by atoms with Crippen LogP contribution in [0, 0.1) is 5.92 Å². The molecule has 28 heavy (non-hydrogen) atoms. The van der Waals surface area contributed by atoms with Gasteiger partial charge in [0, 0.05) is 25.0 Å². The molecule has 1 aromatic rings. The largest absolute Gasteiger partial charge is 0.383 e. The first-order chi connectivity index (χ1) is 13.5. The quantitative estimate of drug-likeness (QED) is 0.641. The highest BCUT2D eigenvalue weighted by Gasteiger charge is 2.48. The maximum atomic E-state index is 13.0. The van der Waals surface area contributed by atoms with E-state index in [0.29, 0.717) is 24.5 Å². The SMILES string of the molecule is CC[C@@H](C)[C@H](NC(=O)[C@@H]1CS[C@@H]2c3ccccc3C(=O)N21)C(=O)NCCOC. The summed E-state index contributed by atoms with van der Waals surface area (Å²) in [6.45, 7) is 4.71. The molecule has 3 amide bonds. The number of methoxy groups -OCH3 is 1. The average Bonchev–Trinajstić information content (AvgIpc) is 3.26. The number of benzene rings is 1. The Morgan fingerprint density at radius 2 is 2.11 bits per heavy atom. The first kappa shape index (κ1) is 20.7. The lowest BCUT2D eigenvalue weighted by Crippen LogP contribution is -2.55. The van der Waals surface area contributed by atoms with Gasteiger partial charge in [0.15, 0.2) is 0 Å². The van der Waals surface area contributed by atoms with Gasteiger partial charge in [-0.05, 0) is 17.5 Å². The van der Waals surface area contributed by atoms with Gasteiger partial charge in [0.1, 0.15) is 17.5 Å². The summed E-state index contributed by atoms with van der Waals surface area (Å²) in [6.07, 6.45) is 0.749. The molecule has 0 aromatic heterocycles. The van der Waals surface area contributed by atoms with Gasteiger partial charge < -0.3 is 20.3 Å². The van der Waals surface area contributed by atoms with Gasteiger partial charge in [0.05, 0.1) is 6.61 Å². The van der Waals surface area contributed by atoms with Crippen LogP contribution in [0.2, 0.25) is 0 Å². The lowest BCUT2D eigenvalue weighted by molar-refractivity contribution is -0.132. The minimum atomic E-state index is -0.640. The Hall–Kier alpha value is -2.06. The molecule has 0 aliphatic carbocycles. The Balaban J connectivity index is 1.71. The van der Waals surface area contributed by atoms with Crippen molar-refractivity contribution in [3.8, 4) is 0 Å². The van der Waals surface area contributed by atoms with Crippen LogP contribution in [0.4, 0.5) is 0 Å². The van der Waals surface area contributed by atoms with Crippen molar-refractivity contribution in [2.24, 2.45) is 5.92 Å². The van der Waals surface area contributed by atoms with Gasteiger partial charge in [-0.3, -0.25) is 14.4 Å². The van der Waals surface area contributed by atoms with Crippen LogP contribution in [0.15, 0.2) is 24.3 Å². The number of ether oxygens (including phenoxy) is 1. The summed E-state index contributed by atoms with van der Waals surface area (Å²) in [4.78, 5) is 40.1. The van der Waals surface area contributed by atoms with E-state index in [1.165, 1.54) is 0 Å². The molecule has 0 bridgehead atoms. The number of rotatable bonds is 8. The molecule has 0 unspecified atom stereocenters. The zero-order valence-corrected chi connectivity index (χ0v) is 17.3. The second-order valence-corrected chi connectivity index (χ2v) is 8.27. The third kappa shape index (κ3) is 3.89. The Bertz CT molecular complexity index is 757. The van der Waals surface area contributed by atoms with Crippen LogP contribution in [-0.2, 0) is 14.3 Å². The molecule has 2 aliphatic heterocycles. The van der Waals surface area contributed by atoms with E-state index in [9.17, 15) is 14.4 Å². The van der Waals surface area contributed by atoms with Crippen molar-refractivity contribution in [3.63, 3.8) is 0 Å². The second-order valence-electron chi connectivity index (χ2n) is 7.16. The van der Waals surface area contributed by atoms with E-state index in [2.05, 4.69) is 10.6 Å². The molecule has 1 aromatic carbocycles. The highest BCUT2D eigenvalue weighted by molar-refractivity contribution is 7.99. The van der Waals surface area contributed by atoms with E-state index in [4.69, 9.17) is 4.74 Å².